The van der Waals surface area contributed by atoms with Crippen molar-refractivity contribution in [3.05, 3.63) is 118 Å². The van der Waals surface area contributed by atoms with Crippen LogP contribution in [0.2, 0.25) is 0 Å². The Hall–Kier alpha value is -3.87. The van der Waals surface area contributed by atoms with E-state index >= 15 is 0 Å². The molecule has 5 rings (SSSR count). The van der Waals surface area contributed by atoms with Gasteiger partial charge in [0.1, 0.15) is 17.3 Å². The van der Waals surface area contributed by atoms with Gasteiger partial charge in [0.05, 0.1) is 5.69 Å². The van der Waals surface area contributed by atoms with Crippen molar-refractivity contribution in [2.24, 2.45) is 0 Å². The number of nitrogens with zero attached hydrogens (tertiary/aromatic N) is 2. The number of carbonyl (C=O) groups is 1. The molecule has 1 aromatic heterocycles. The molecule has 7 heteroatoms. The number of fused-ring (bicyclic) bond motifs is 1. The highest BCUT2D eigenvalue weighted by molar-refractivity contribution is 5.94. The van der Waals surface area contributed by atoms with Crippen LogP contribution in [0.15, 0.2) is 72.8 Å². The first-order chi connectivity index (χ1) is 16.5. The van der Waals surface area contributed by atoms with E-state index in [0.717, 1.165) is 28.8 Å². The minimum atomic E-state index is -0.766. The van der Waals surface area contributed by atoms with Crippen LogP contribution in [0.5, 0.6) is 0 Å². The van der Waals surface area contributed by atoms with E-state index in [1.807, 2.05) is 36.4 Å². The summed E-state index contributed by atoms with van der Waals surface area (Å²) in [5.41, 5.74) is 3.51. The first-order valence-electron chi connectivity index (χ1n) is 11.1. The minimum Gasteiger partial charge on any atom is -0.347 e. The molecule has 1 unspecified atom stereocenters. The third kappa shape index (κ3) is 4.33. The number of nitrogens with one attached hydrogen (secondary N) is 1. The van der Waals surface area contributed by atoms with Crippen molar-refractivity contribution in [3.8, 4) is 5.69 Å². The van der Waals surface area contributed by atoms with Crippen LogP contribution >= 0.6 is 0 Å². The number of rotatable bonds is 6. The lowest BCUT2D eigenvalue weighted by molar-refractivity contribution is 0.0944. The molecule has 4 aromatic rings. The molecule has 34 heavy (non-hydrogen) atoms. The van der Waals surface area contributed by atoms with E-state index in [-0.39, 0.29) is 29.0 Å². The van der Waals surface area contributed by atoms with Gasteiger partial charge in [-0.15, -0.1) is 0 Å². The van der Waals surface area contributed by atoms with Crippen molar-refractivity contribution in [1.29, 1.82) is 0 Å². The van der Waals surface area contributed by atoms with Crippen LogP contribution in [-0.4, -0.2) is 15.7 Å². The van der Waals surface area contributed by atoms with Crippen molar-refractivity contribution in [1.82, 2.24) is 15.1 Å². The Balaban J connectivity index is 1.52. The van der Waals surface area contributed by atoms with Gasteiger partial charge in [-0.1, -0.05) is 42.5 Å². The summed E-state index contributed by atoms with van der Waals surface area (Å²) >= 11 is 0. The van der Waals surface area contributed by atoms with Crippen molar-refractivity contribution in [2.45, 2.75) is 31.7 Å². The Labute approximate surface area is 195 Å². The Morgan fingerprint density at radius 1 is 0.941 bits per heavy atom. The monoisotopic (exact) mass is 461 g/mol. The van der Waals surface area contributed by atoms with Gasteiger partial charge >= 0.3 is 0 Å². The van der Waals surface area contributed by atoms with Crippen LogP contribution in [0.4, 0.5) is 13.2 Å². The highest BCUT2D eigenvalue weighted by atomic mass is 19.1. The molecule has 1 amide bonds. The summed E-state index contributed by atoms with van der Waals surface area (Å²) < 4.78 is 43.5. The summed E-state index contributed by atoms with van der Waals surface area (Å²) in [6, 6.07) is 19.1. The van der Waals surface area contributed by atoms with Gasteiger partial charge in [0.2, 0.25) is 0 Å². The molecule has 1 aliphatic carbocycles. The fourth-order valence-corrected chi connectivity index (χ4v) is 4.61. The van der Waals surface area contributed by atoms with Gasteiger partial charge in [-0.25, -0.2) is 17.9 Å². The molecule has 1 aliphatic rings. The van der Waals surface area contributed by atoms with Crippen molar-refractivity contribution < 1.29 is 18.0 Å². The topological polar surface area (TPSA) is 46.9 Å². The molecule has 0 bridgehead atoms. The van der Waals surface area contributed by atoms with Crippen LogP contribution in [0.25, 0.3) is 5.69 Å². The van der Waals surface area contributed by atoms with Gasteiger partial charge in [0.15, 0.2) is 11.5 Å². The highest BCUT2D eigenvalue weighted by Gasteiger charge is 2.34. The van der Waals surface area contributed by atoms with Gasteiger partial charge in [-0.2, -0.15) is 5.10 Å². The van der Waals surface area contributed by atoms with Crippen LogP contribution in [0.1, 0.15) is 45.2 Å². The van der Waals surface area contributed by atoms with Crippen LogP contribution in [0, 0.1) is 17.5 Å². The second kappa shape index (κ2) is 9.17. The minimum absolute atomic E-state index is 0.0749. The van der Waals surface area contributed by atoms with E-state index in [1.165, 1.54) is 22.9 Å². The number of hydrogen-bond acceptors (Lipinski definition) is 2. The summed E-state index contributed by atoms with van der Waals surface area (Å²) in [5.74, 6) is -2.23. The molecule has 1 heterocycles. The fourth-order valence-electron chi connectivity index (χ4n) is 4.61. The zero-order valence-corrected chi connectivity index (χ0v) is 18.3. The molecule has 0 fully saturated rings. The number of halogens is 3. The third-order valence-corrected chi connectivity index (χ3v) is 6.17. The van der Waals surface area contributed by atoms with Gasteiger partial charge in [-0.05, 0) is 54.7 Å². The SMILES string of the molecule is O=C(NCc1ccccc1)c1nn(-c2ccc(F)cc2F)c2c1CCC2Cc1cccc(F)c1. The quantitative estimate of drug-likeness (QED) is 0.413. The average molecular weight is 461 g/mol. The predicted molar refractivity (Wildman–Crippen MR) is 122 cm³/mol. The normalized spacial score (nSPS) is 14.7. The van der Waals surface area contributed by atoms with E-state index in [0.29, 0.717) is 31.5 Å². The molecule has 0 aliphatic heterocycles. The van der Waals surface area contributed by atoms with Crippen molar-refractivity contribution in [3.63, 3.8) is 0 Å². The molecular weight excluding hydrogens is 439 g/mol. The Bertz CT molecular complexity index is 1350. The molecule has 0 radical (unpaired) electrons. The van der Waals surface area contributed by atoms with Gasteiger partial charge in [0.25, 0.3) is 5.91 Å². The van der Waals surface area contributed by atoms with E-state index in [1.54, 1.807) is 6.07 Å². The lowest BCUT2D eigenvalue weighted by Crippen LogP contribution is -2.24. The Kier molecular flexibility index (Phi) is 5.92. The molecule has 1 N–H and O–H groups in total. The van der Waals surface area contributed by atoms with Crippen LogP contribution in [0.3, 0.4) is 0 Å². The van der Waals surface area contributed by atoms with E-state index in [9.17, 15) is 18.0 Å². The second-order valence-corrected chi connectivity index (χ2v) is 8.46. The Morgan fingerprint density at radius 3 is 2.47 bits per heavy atom. The van der Waals surface area contributed by atoms with E-state index < -0.39 is 11.6 Å². The number of carbonyl (C=O) groups excluding carboxylic acids is 1. The third-order valence-electron chi connectivity index (χ3n) is 6.17. The molecule has 172 valence electrons. The summed E-state index contributed by atoms with van der Waals surface area (Å²) in [7, 11) is 0. The standard InChI is InChI=1S/C27H22F3N3O/c28-20-8-4-7-18(14-20)13-19-9-11-22-25(27(34)31-16-17-5-2-1-3-6-17)32-33(26(19)22)24-12-10-21(29)15-23(24)30/h1-8,10,12,14-15,19H,9,11,13,16H2,(H,31,34). The Morgan fingerprint density at radius 2 is 1.71 bits per heavy atom. The molecule has 0 spiro atoms. The van der Waals surface area contributed by atoms with Crippen LogP contribution < -0.4 is 5.32 Å². The second-order valence-electron chi connectivity index (χ2n) is 8.46. The van der Waals surface area contributed by atoms with Gasteiger partial charge < -0.3 is 5.32 Å². The first kappa shape index (κ1) is 21.9. The number of hydrogen-bond donors (Lipinski definition) is 1. The maximum Gasteiger partial charge on any atom is 0.272 e. The fraction of sp³-hybridized carbons (Fsp3) is 0.185. The average Bonchev–Trinajstić information content (AvgIpc) is 3.40. The number of benzene rings is 3. The summed E-state index contributed by atoms with van der Waals surface area (Å²) in [4.78, 5) is 13.1. The lowest BCUT2D eigenvalue weighted by atomic mass is 9.97. The zero-order valence-electron chi connectivity index (χ0n) is 18.3. The first-order valence-corrected chi connectivity index (χ1v) is 11.1. The molecular formula is C27H22F3N3O. The van der Waals surface area contributed by atoms with Gasteiger partial charge in [-0.3, -0.25) is 4.79 Å². The summed E-state index contributed by atoms with van der Waals surface area (Å²) in [6.07, 6.45) is 1.82. The largest absolute Gasteiger partial charge is 0.347 e. The molecule has 1 atom stereocenters. The number of aromatic nitrogens is 2. The molecule has 3 aromatic carbocycles. The van der Waals surface area contributed by atoms with Gasteiger partial charge in [0, 0.05) is 24.1 Å². The maximum atomic E-state index is 14.7. The molecule has 4 nitrogen and oxygen atoms in total. The molecule has 0 saturated carbocycles. The van der Waals surface area contributed by atoms with E-state index in [2.05, 4.69) is 10.4 Å². The molecule has 0 saturated heterocycles. The summed E-state index contributed by atoms with van der Waals surface area (Å²) in [5, 5.41) is 7.37. The van der Waals surface area contributed by atoms with Crippen LogP contribution in [-0.2, 0) is 19.4 Å². The highest BCUT2D eigenvalue weighted by Crippen LogP contribution is 2.39. The van der Waals surface area contributed by atoms with E-state index in [4.69, 9.17) is 0 Å². The zero-order chi connectivity index (χ0) is 23.7. The smallest absolute Gasteiger partial charge is 0.272 e. The van der Waals surface area contributed by atoms with Crippen molar-refractivity contribution >= 4 is 5.91 Å². The summed E-state index contributed by atoms with van der Waals surface area (Å²) in [6.45, 7) is 0.332. The predicted octanol–water partition coefficient (Wildman–Crippen LogP) is 5.49. The maximum absolute atomic E-state index is 14.7. The van der Waals surface area contributed by atoms with Crippen molar-refractivity contribution in [2.75, 3.05) is 0 Å². The number of amides is 1. The lowest BCUT2D eigenvalue weighted by Gasteiger charge is -2.15.